The zero-order valence-electron chi connectivity index (χ0n) is 12.5. The van der Waals surface area contributed by atoms with Crippen LogP contribution in [0.5, 0.6) is 0 Å². The number of aromatic nitrogens is 3. The molecule has 0 saturated carbocycles. The van der Waals surface area contributed by atoms with Crippen molar-refractivity contribution in [3.63, 3.8) is 0 Å². The highest BCUT2D eigenvalue weighted by atomic mass is 15.1. The second-order valence-corrected chi connectivity index (χ2v) is 5.37. The fourth-order valence-corrected chi connectivity index (χ4v) is 2.73. The van der Waals surface area contributed by atoms with Crippen LogP contribution in [0.3, 0.4) is 0 Å². The lowest BCUT2D eigenvalue weighted by Gasteiger charge is -2.13. The Labute approximate surface area is 124 Å². The molecule has 2 aromatic heterocycles. The smallest absolute Gasteiger partial charge is 0.111 e. The summed E-state index contributed by atoms with van der Waals surface area (Å²) in [5, 5.41) is 0. The summed E-state index contributed by atoms with van der Waals surface area (Å²) in [6.07, 6.45) is 4.40. The first-order chi connectivity index (χ1) is 10.2. The number of hydrogen-bond donors (Lipinski definition) is 1. The predicted molar refractivity (Wildman–Crippen MR) is 85.0 cm³/mol. The molecule has 0 aliphatic carbocycles. The number of hydrogen-bond acceptors (Lipinski definition) is 3. The van der Waals surface area contributed by atoms with Crippen molar-refractivity contribution < 1.29 is 0 Å². The van der Waals surface area contributed by atoms with Gasteiger partial charge in [0, 0.05) is 31.4 Å². The topological polar surface area (TPSA) is 56.7 Å². The standard InChI is InChI=1S/C17H20N4/c1-3-21-16-7-5-4-6-15(16)20-17(21)9-14(18)13-8-12(2)10-19-11-13/h4-8,10-11,14H,3,9,18H2,1-2H3. The first-order valence-corrected chi connectivity index (χ1v) is 7.30. The van der Waals surface area contributed by atoms with E-state index in [1.165, 1.54) is 5.52 Å². The third-order valence-corrected chi connectivity index (χ3v) is 3.78. The van der Waals surface area contributed by atoms with Gasteiger partial charge in [-0.3, -0.25) is 4.98 Å². The van der Waals surface area contributed by atoms with Crippen molar-refractivity contribution in [2.24, 2.45) is 5.73 Å². The van der Waals surface area contributed by atoms with E-state index in [9.17, 15) is 0 Å². The molecule has 4 heteroatoms. The molecule has 0 spiro atoms. The van der Waals surface area contributed by atoms with E-state index in [0.717, 1.165) is 29.0 Å². The fourth-order valence-electron chi connectivity index (χ4n) is 2.73. The summed E-state index contributed by atoms with van der Waals surface area (Å²) in [5.41, 5.74) is 10.7. The average molecular weight is 280 g/mol. The van der Waals surface area contributed by atoms with Crippen LogP contribution in [0.15, 0.2) is 42.7 Å². The number of pyridine rings is 1. The summed E-state index contributed by atoms with van der Waals surface area (Å²) in [6, 6.07) is 10.2. The van der Waals surface area contributed by atoms with Crippen LogP contribution in [-0.4, -0.2) is 14.5 Å². The Morgan fingerprint density at radius 2 is 2.05 bits per heavy atom. The van der Waals surface area contributed by atoms with Crippen LogP contribution in [0.25, 0.3) is 11.0 Å². The van der Waals surface area contributed by atoms with Crippen LogP contribution < -0.4 is 5.73 Å². The Bertz CT molecular complexity index is 760. The monoisotopic (exact) mass is 280 g/mol. The van der Waals surface area contributed by atoms with Crippen LogP contribution >= 0.6 is 0 Å². The van der Waals surface area contributed by atoms with Crippen molar-refractivity contribution in [1.29, 1.82) is 0 Å². The molecule has 2 heterocycles. The molecule has 21 heavy (non-hydrogen) atoms. The first-order valence-electron chi connectivity index (χ1n) is 7.30. The molecule has 0 bridgehead atoms. The molecule has 1 aromatic carbocycles. The fraction of sp³-hybridized carbons (Fsp3) is 0.294. The molecule has 0 fully saturated rings. The molecule has 2 N–H and O–H groups in total. The minimum Gasteiger partial charge on any atom is -0.328 e. The molecule has 0 aliphatic rings. The van der Waals surface area contributed by atoms with Crippen LogP contribution in [0.1, 0.15) is 29.9 Å². The van der Waals surface area contributed by atoms with Gasteiger partial charge < -0.3 is 10.3 Å². The normalized spacial score (nSPS) is 12.7. The lowest BCUT2D eigenvalue weighted by Crippen LogP contribution is -2.16. The van der Waals surface area contributed by atoms with Gasteiger partial charge in [-0.1, -0.05) is 18.2 Å². The Balaban J connectivity index is 1.94. The highest BCUT2D eigenvalue weighted by molar-refractivity contribution is 5.75. The number of para-hydroxylation sites is 2. The summed E-state index contributed by atoms with van der Waals surface area (Å²) < 4.78 is 2.23. The highest BCUT2D eigenvalue weighted by Crippen LogP contribution is 2.20. The molecule has 1 atom stereocenters. The van der Waals surface area contributed by atoms with Gasteiger partial charge in [0.25, 0.3) is 0 Å². The second-order valence-electron chi connectivity index (χ2n) is 5.37. The highest BCUT2D eigenvalue weighted by Gasteiger charge is 2.14. The molecule has 1 unspecified atom stereocenters. The van der Waals surface area contributed by atoms with E-state index in [2.05, 4.69) is 28.6 Å². The summed E-state index contributed by atoms with van der Waals surface area (Å²) >= 11 is 0. The quantitative estimate of drug-likeness (QED) is 0.799. The Morgan fingerprint density at radius 1 is 1.24 bits per heavy atom. The molecular weight excluding hydrogens is 260 g/mol. The molecule has 0 saturated heterocycles. The van der Waals surface area contributed by atoms with Crippen LogP contribution in [0.4, 0.5) is 0 Å². The van der Waals surface area contributed by atoms with Gasteiger partial charge in [0.2, 0.25) is 0 Å². The Hall–Kier alpha value is -2.20. The predicted octanol–water partition coefficient (Wildman–Crippen LogP) is 3.00. The van der Waals surface area contributed by atoms with Gasteiger partial charge in [-0.2, -0.15) is 0 Å². The minimum atomic E-state index is -0.0838. The summed E-state index contributed by atoms with van der Waals surface area (Å²) in [6.45, 7) is 5.07. The Morgan fingerprint density at radius 3 is 2.81 bits per heavy atom. The number of rotatable bonds is 4. The number of aryl methyl sites for hydroxylation is 2. The summed E-state index contributed by atoms with van der Waals surface area (Å²) in [4.78, 5) is 8.96. The van der Waals surface area contributed by atoms with Crippen LogP contribution in [-0.2, 0) is 13.0 Å². The second kappa shape index (κ2) is 5.66. The third-order valence-electron chi connectivity index (χ3n) is 3.78. The van der Waals surface area contributed by atoms with Gasteiger partial charge in [-0.25, -0.2) is 4.98 Å². The number of fused-ring (bicyclic) bond motifs is 1. The molecule has 0 amide bonds. The average Bonchev–Trinajstić information content (AvgIpc) is 2.84. The number of nitrogens with zero attached hydrogens (tertiary/aromatic N) is 3. The minimum absolute atomic E-state index is 0.0838. The van der Waals surface area contributed by atoms with Crippen LogP contribution in [0, 0.1) is 6.92 Å². The van der Waals surface area contributed by atoms with Gasteiger partial charge in [-0.15, -0.1) is 0 Å². The molecular formula is C17H20N4. The maximum atomic E-state index is 6.35. The van der Waals surface area contributed by atoms with Crippen molar-refractivity contribution in [3.05, 3.63) is 59.7 Å². The molecule has 3 rings (SSSR count). The lowest BCUT2D eigenvalue weighted by molar-refractivity contribution is 0.635. The van der Waals surface area contributed by atoms with E-state index in [0.29, 0.717) is 6.42 Å². The molecule has 108 valence electrons. The largest absolute Gasteiger partial charge is 0.328 e. The lowest BCUT2D eigenvalue weighted by atomic mass is 10.1. The first kappa shape index (κ1) is 13.8. The molecule has 0 radical (unpaired) electrons. The van der Waals surface area contributed by atoms with Crippen LogP contribution in [0.2, 0.25) is 0 Å². The van der Waals surface area contributed by atoms with Gasteiger partial charge in [0.15, 0.2) is 0 Å². The SMILES string of the molecule is CCn1c(CC(N)c2cncc(C)c2)nc2ccccc21. The number of nitrogens with two attached hydrogens (primary N) is 1. The van der Waals surface area contributed by atoms with Gasteiger partial charge in [0.05, 0.1) is 11.0 Å². The van der Waals surface area contributed by atoms with E-state index in [4.69, 9.17) is 10.7 Å². The third kappa shape index (κ3) is 2.67. The van der Waals surface area contributed by atoms with E-state index in [1.807, 2.05) is 37.5 Å². The van der Waals surface area contributed by atoms with Gasteiger partial charge >= 0.3 is 0 Å². The van der Waals surface area contributed by atoms with Crippen molar-refractivity contribution in [2.45, 2.75) is 32.9 Å². The van der Waals surface area contributed by atoms with Crippen molar-refractivity contribution in [2.75, 3.05) is 0 Å². The molecule has 0 aliphatic heterocycles. The summed E-state index contributed by atoms with van der Waals surface area (Å²) in [5.74, 6) is 1.03. The maximum absolute atomic E-state index is 6.35. The number of benzene rings is 1. The molecule has 3 aromatic rings. The van der Waals surface area contributed by atoms with E-state index < -0.39 is 0 Å². The Kier molecular flexibility index (Phi) is 3.71. The zero-order chi connectivity index (χ0) is 14.8. The van der Waals surface area contributed by atoms with Gasteiger partial charge in [0.1, 0.15) is 5.82 Å². The van der Waals surface area contributed by atoms with Gasteiger partial charge in [-0.05, 0) is 37.1 Å². The zero-order valence-corrected chi connectivity index (χ0v) is 12.5. The van der Waals surface area contributed by atoms with E-state index >= 15 is 0 Å². The van der Waals surface area contributed by atoms with Crippen molar-refractivity contribution in [3.8, 4) is 0 Å². The van der Waals surface area contributed by atoms with Crippen molar-refractivity contribution in [1.82, 2.24) is 14.5 Å². The van der Waals surface area contributed by atoms with Crippen molar-refractivity contribution >= 4 is 11.0 Å². The maximum Gasteiger partial charge on any atom is 0.111 e. The molecule has 4 nitrogen and oxygen atoms in total. The summed E-state index contributed by atoms with van der Waals surface area (Å²) in [7, 11) is 0. The van der Waals surface area contributed by atoms with E-state index in [-0.39, 0.29) is 6.04 Å². The van der Waals surface area contributed by atoms with E-state index in [1.54, 1.807) is 0 Å². The number of imidazole rings is 1.